The van der Waals surface area contributed by atoms with Gasteiger partial charge in [-0.2, -0.15) is 0 Å². The van der Waals surface area contributed by atoms with Crippen molar-refractivity contribution in [3.05, 3.63) is 29.5 Å². The van der Waals surface area contributed by atoms with Gasteiger partial charge in [0.05, 0.1) is 0 Å². The Kier molecular flexibility index (Phi) is 3.12. The fraction of sp³-hybridized carbons (Fsp3) is 0.100. The molecule has 0 spiro atoms. The molecule has 0 aliphatic heterocycles. The summed E-state index contributed by atoms with van der Waals surface area (Å²) in [5.41, 5.74) is 6.72. The molecule has 3 N–H and O–H groups in total. The van der Waals surface area contributed by atoms with Gasteiger partial charge in [0.25, 0.3) is 6.47 Å². The molecule has 74 valence electrons. The standard InChI is InChI=1S/C10H11NO3/c1-7(11)4-8-2-3-9(13)5-10(8)14-6-12/h2-6,13H,11H2,1H3/b7-4+. The van der Waals surface area contributed by atoms with E-state index >= 15 is 0 Å². The summed E-state index contributed by atoms with van der Waals surface area (Å²) < 4.78 is 4.68. The number of nitrogens with two attached hydrogens (primary N) is 1. The van der Waals surface area contributed by atoms with Gasteiger partial charge in [-0.25, -0.2) is 0 Å². The van der Waals surface area contributed by atoms with Crippen LogP contribution in [0.1, 0.15) is 12.5 Å². The number of phenolic OH excluding ortho intramolecular Hbond substituents is 1. The van der Waals surface area contributed by atoms with Crippen LogP contribution in [0.4, 0.5) is 0 Å². The molecule has 4 heteroatoms. The minimum Gasteiger partial charge on any atom is -0.508 e. The monoisotopic (exact) mass is 193 g/mol. The fourth-order valence-corrected chi connectivity index (χ4v) is 1.04. The van der Waals surface area contributed by atoms with Crippen molar-refractivity contribution >= 4 is 12.5 Å². The first-order valence-electron chi connectivity index (χ1n) is 4.00. The summed E-state index contributed by atoms with van der Waals surface area (Å²) in [6.07, 6.45) is 1.65. The molecule has 0 saturated heterocycles. The molecule has 0 fully saturated rings. The number of allylic oxidation sites excluding steroid dienone is 1. The number of phenols is 1. The van der Waals surface area contributed by atoms with Crippen LogP contribution in [-0.4, -0.2) is 11.6 Å². The molecule has 1 aromatic carbocycles. The summed E-state index contributed by atoms with van der Waals surface area (Å²) in [6.45, 7) is 2.02. The van der Waals surface area contributed by atoms with Gasteiger partial charge in [-0.1, -0.05) is 0 Å². The molecule has 0 radical (unpaired) electrons. The molecule has 1 rings (SSSR count). The van der Waals surface area contributed by atoms with Crippen molar-refractivity contribution in [2.45, 2.75) is 6.92 Å². The van der Waals surface area contributed by atoms with Gasteiger partial charge in [0, 0.05) is 17.3 Å². The summed E-state index contributed by atoms with van der Waals surface area (Å²) in [4.78, 5) is 10.2. The maximum atomic E-state index is 10.2. The van der Waals surface area contributed by atoms with E-state index in [1.54, 1.807) is 19.1 Å². The van der Waals surface area contributed by atoms with Crippen molar-refractivity contribution in [2.24, 2.45) is 5.73 Å². The lowest BCUT2D eigenvalue weighted by molar-refractivity contribution is -0.120. The van der Waals surface area contributed by atoms with Crippen molar-refractivity contribution < 1.29 is 14.6 Å². The quantitative estimate of drug-likeness (QED) is 0.708. The van der Waals surface area contributed by atoms with Gasteiger partial charge >= 0.3 is 0 Å². The Balaban J connectivity index is 3.14. The number of hydrogen-bond acceptors (Lipinski definition) is 4. The lowest BCUT2D eigenvalue weighted by Crippen LogP contribution is -1.94. The van der Waals surface area contributed by atoms with Crippen molar-refractivity contribution in [1.29, 1.82) is 0 Å². The molecule has 0 aromatic heterocycles. The summed E-state index contributed by atoms with van der Waals surface area (Å²) in [7, 11) is 0. The number of carbonyl (C=O) groups excluding carboxylic acids is 1. The van der Waals surface area contributed by atoms with Gasteiger partial charge in [-0.05, 0) is 25.1 Å². The molecule has 0 saturated carbocycles. The number of rotatable bonds is 3. The largest absolute Gasteiger partial charge is 0.508 e. The molecule has 0 bridgehead atoms. The average molecular weight is 193 g/mol. The Bertz CT molecular complexity index is 368. The normalized spacial score (nSPS) is 11.1. The lowest BCUT2D eigenvalue weighted by atomic mass is 10.1. The fourth-order valence-electron chi connectivity index (χ4n) is 1.04. The number of aromatic hydroxyl groups is 1. The number of hydrogen-bond donors (Lipinski definition) is 2. The summed E-state index contributed by atoms with van der Waals surface area (Å²) in [5, 5.41) is 9.15. The summed E-state index contributed by atoms with van der Waals surface area (Å²) >= 11 is 0. The third-order valence-corrected chi connectivity index (χ3v) is 1.56. The van der Waals surface area contributed by atoms with E-state index < -0.39 is 0 Å². The zero-order valence-electron chi connectivity index (χ0n) is 7.73. The van der Waals surface area contributed by atoms with E-state index in [2.05, 4.69) is 4.74 Å². The van der Waals surface area contributed by atoms with Crippen LogP contribution < -0.4 is 10.5 Å². The van der Waals surface area contributed by atoms with Gasteiger partial charge in [-0.15, -0.1) is 0 Å². The molecular weight excluding hydrogens is 182 g/mol. The summed E-state index contributed by atoms with van der Waals surface area (Å²) in [6, 6.07) is 4.46. The third-order valence-electron chi connectivity index (χ3n) is 1.56. The zero-order chi connectivity index (χ0) is 10.6. The van der Waals surface area contributed by atoms with Gasteiger partial charge in [0.1, 0.15) is 11.5 Å². The van der Waals surface area contributed by atoms with Gasteiger partial charge in [0.2, 0.25) is 0 Å². The van der Waals surface area contributed by atoms with Gasteiger partial charge in [-0.3, -0.25) is 4.79 Å². The van der Waals surface area contributed by atoms with Gasteiger partial charge in [0.15, 0.2) is 0 Å². The van der Waals surface area contributed by atoms with Crippen LogP contribution in [0, 0.1) is 0 Å². The SMILES string of the molecule is C/C(N)=C\c1ccc(O)cc1OC=O. The zero-order valence-corrected chi connectivity index (χ0v) is 7.73. The third kappa shape index (κ3) is 2.52. The highest BCUT2D eigenvalue weighted by Crippen LogP contribution is 2.25. The first-order chi connectivity index (χ1) is 6.63. The predicted octanol–water partition coefficient (Wildman–Crippen LogP) is 1.25. The number of ether oxygens (including phenoxy) is 1. The Morgan fingerprint density at radius 2 is 2.29 bits per heavy atom. The maximum absolute atomic E-state index is 10.2. The smallest absolute Gasteiger partial charge is 0.298 e. The molecule has 0 atom stereocenters. The molecule has 0 amide bonds. The Morgan fingerprint density at radius 3 is 2.86 bits per heavy atom. The van der Waals surface area contributed by atoms with E-state index in [1.165, 1.54) is 12.1 Å². The van der Waals surface area contributed by atoms with Crippen molar-refractivity contribution in [1.82, 2.24) is 0 Å². The summed E-state index contributed by atoms with van der Waals surface area (Å²) in [5.74, 6) is 0.318. The van der Waals surface area contributed by atoms with E-state index in [9.17, 15) is 4.79 Å². The average Bonchev–Trinajstić information content (AvgIpc) is 2.09. The van der Waals surface area contributed by atoms with E-state index in [4.69, 9.17) is 10.8 Å². The van der Waals surface area contributed by atoms with E-state index in [0.717, 1.165) is 0 Å². The highest BCUT2D eigenvalue weighted by atomic mass is 16.5. The molecule has 0 aliphatic carbocycles. The van der Waals surface area contributed by atoms with Gasteiger partial charge < -0.3 is 15.6 Å². The number of carbonyl (C=O) groups is 1. The molecule has 0 heterocycles. The maximum Gasteiger partial charge on any atom is 0.298 e. The van der Waals surface area contributed by atoms with Crippen LogP contribution in [0.5, 0.6) is 11.5 Å². The second-order valence-electron chi connectivity index (χ2n) is 2.82. The molecule has 4 nitrogen and oxygen atoms in total. The molecule has 14 heavy (non-hydrogen) atoms. The van der Waals surface area contributed by atoms with E-state index in [1.807, 2.05) is 0 Å². The van der Waals surface area contributed by atoms with Crippen LogP contribution >= 0.6 is 0 Å². The Labute approximate surface area is 81.6 Å². The first kappa shape index (κ1) is 10.1. The highest BCUT2D eigenvalue weighted by molar-refractivity contribution is 5.63. The molecule has 0 aliphatic rings. The van der Waals surface area contributed by atoms with Crippen LogP contribution in [0.3, 0.4) is 0 Å². The first-order valence-corrected chi connectivity index (χ1v) is 4.00. The van der Waals surface area contributed by atoms with E-state index in [0.29, 0.717) is 17.7 Å². The van der Waals surface area contributed by atoms with Crippen molar-refractivity contribution in [2.75, 3.05) is 0 Å². The number of benzene rings is 1. The van der Waals surface area contributed by atoms with E-state index in [-0.39, 0.29) is 11.5 Å². The van der Waals surface area contributed by atoms with Crippen molar-refractivity contribution in [3.8, 4) is 11.5 Å². The Morgan fingerprint density at radius 1 is 1.57 bits per heavy atom. The lowest BCUT2D eigenvalue weighted by Gasteiger charge is -2.04. The minimum atomic E-state index is 0.0358. The molecular formula is C10H11NO3. The second kappa shape index (κ2) is 4.32. The topological polar surface area (TPSA) is 72.6 Å². The van der Waals surface area contributed by atoms with Crippen LogP contribution in [0.15, 0.2) is 23.9 Å². The predicted molar refractivity (Wildman–Crippen MR) is 52.6 cm³/mol. The van der Waals surface area contributed by atoms with Crippen LogP contribution in [0.25, 0.3) is 6.08 Å². The van der Waals surface area contributed by atoms with Crippen LogP contribution in [0.2, 0.25) is 0 Å². The molecule has 0 unspecified atom stereocenters. The van der Waals surface area contributed by atoms with Crippen LogP contribution in [-0.2, 0) is 4.79 Å². The highest BCUT2D eigenvalue weighted by Gasteiger charge is 2.02. The minimum absolute atomic E-state index is 0.0358. The Hall–Kier alpha value is -1.97. The molecule has 1 aromatic rings. The van der Waals surface area contributed by atoms with Crippen molar-refractivity contribution in [3.63, 3.8) is 0 Å². The second-order valence-corrected chi connectivity index (χ2v) is 2.82.